The number of rotatable bonds is 5. The molecule has 2 rings (SSSR count). The average molecular weight is 450 g/mol. The van der Waals surface area contributed by atoms with Crippen molar-refractivity contribution in [1.82, 2.24) is 15.5 Å². The first-order valence-electron chi connectivity index (χ1n) is 8.07. The number of carbonyl (C=O) groups excluding carboxylic acids is 1. The topological polar surface area (TPSA) is 90.1 Å². The maximum atomic E-state index is 12.1. The van der Waals surface area contributed by atoms with Crippen LogP contribution in [0.1, 0.15) is 36.9 Å². The Bertz CT molecular complexity index is 541. The molecule has 8 heteroatoms. The summed E-state index contributed by atoms with van der Waals surface area (Å²) in [6.07, 6.45) is 2.59. The second-order valence-corrected chi connectivity index (χ2v) is 5.71. The second-order valence-electron chi connectivity index (χ2n) is 5.71. The van der Waals surface area contributed by atoms with Gasteiger partial charge in [0, 0.05) is 20.1 Å². The average Bonchev–Trinajstić information content (AvgIpc) is 3.02. The zero-order valence-electron chi connectivity index (χ0n) is 14.2. The zero-order chi connectivity index (χ0) is 16.7. The Kier molecular flexibility index (Phi) is 9.12. The maximum Gasteiger partial charge on any atom is 0.241 e. The summed E-state index contributed by atoms with van der Waals surface area (Å²) in [5.74, 6) is 1.83. The van der Waals surface area contributed by atoms with E-state index in [1.807, 2.05) is 17.9 Å². The predicted octanol–water partition coefficient (Wildman–Crippen LogP) is 1.42. The molecule has 1 aliphatic heterocycles. The van der Waals surface area contributed by atoms with E-state index in [1.165, 1.54) is 6.42 Å². The van der Waals surface area contributed by atoms with Crippen LogP contribution in [-0.2, 0) is 4.79 Å². The molecule has 136 valence electrons. The van der Waals surface area contributed by atoms with Gasteiger partial charge in [-0.2, -0.15) is 0 Å². The summed E-state index contributed by atoms with van der Waals surface area (Å²) in [4.78, 5) is 18.0. The number of furan rings is 1. The SMILES string of the molecule is CN=C(NCC(=O)N1CCCCC1)NCC(O)c1ccc(C)o1.I. The Morgan fingerprint density at radius 1 is 1.33 bits per heavy atom. The largest absolute Gasteiger partial charge is 0.464 e. The Hall–Kier alpha value is -1.29. The minimum Gasteiger partial charge on any atom is -0.464 e. The van der Waals surface area contributed by atoms with Crippen LogP contribution >= 0.6 is 24.0 Å². The van der Waals surface area contributed by atoms with E-state index in [4.69, 9.17) is 4.42 Å². The molecule has 1 unspecified atom stereocenters. The highest BCUT2D eigenvalue weighted by molar-refractivity contribution is 14.0. The monoisotopic (exact) mass is 450 g/mol. The number of amides is 1. The van der Waals surface area contributed by atoms with Crippen molar-refractivity contribution in [3.05, 3.63) is 23.7 Å². The number of likely N-dealkylation sites (tertiary alicyclic amines) is 1. The van der Waals surface area contributed by atoms with Crippen LogP contribution in [0.2, 0.25) is 0 Å². The third-order valence-electron chi connectivity index (χ3n) is 3.89. The van der Waals surface area contributed by atoms with E-state index in [0.29, 0.717) is 11.7 Å². The molecule has 1 atom stereocenters. The summed E-state index contributed by atoms with van der Waals surface area (Å²) in [6, 6.07) is 3.56. The summed E-state index contributed by atoms with van der Waals surface area (Å²) >= 11 is 0. The number of hydrogen-bond donors (Lipinski definition) is 3. The van der Waals surface area contributed by atoms with E-state index < -0.39 is 6.10 Å². The van der Waals surface area contributed by atoms with Crippen molar-refractivity contribution in [2.24, 2.45) is 4.99 Å². The van der Waals surface area contributed by atoms with E-state index in [1.54, 1.807) is 13.1 Å². The van der Waals surface area contributed by atoms with Gasteiger partial charge in [0.1, 0.15) is 17.6 Å². The number of aliphatic hydroxyl groups excluding tert-OH is 1. The van der Waals surface area contributed by atoms with E-state index in [0.717, 1.165) is 31.7 Å². The summed E-state index contributed by atoms with van der Waals surface area (Å²) in [7, 11) is 1.63. The lowest BCUT2D eigenvalue weighted by molar-refractivity contribution is -0.130. The lowest BCUT2D eigenvalue weighted by Crippen LogP contribution is -2.46. The lowest BCUT2D eigenvalue weighted by atomic mass is 10.1. The van der Waals surface area contributed by atoms with Gasteiger partial charge in [-0.25, -0.2) is 0 Å². The summed E-state index contributed by atoms with van der Waals surface area (Å²) in [5.41, 5.74) is 0. The summed E-state index contributed by atoms with van der Waals surface area (Å²) < 4.78 is 5.38. The third-order valence-corrected chi connectivity index (χ3v) is 3.89. The number of guanidine groups is 1. The molecule has 7 nitrogen and oxygen atoms in total. The van der Waals surface area contributed by atoms with Crippen LogP contribution in [0.5, 0.6) is 0 Å². The second kappa shape index (κ2) is 10.5. The van der Waals surface area contributed by atoms with Gasteiger partial charge >= 0.3 is 0 Å². The molecule has 0 bridgehead atoms. The molecule has 0 saturated carbocycles. The number of nitrogens with one attached hydrogen (secondary N) is 2. The molecule has 1 aromatic rings. The highest BCUT2D eigenvalue weighted by Crippen LogP contribution is 2.14. The van der Waals surface area contributed by atoms with Crippen LogP contribution in [0.15, 0.2) is 21.5 Å². The van der Waals surface area contributed by atoms with Crippen molar-refractivity contribution in [2.75, 3.05) is 33.2 Å². The highest BCUT2D eigenvalue weighted by atomic mass is 127. The molecule has 1 saturated heterocycles. The third kappa shape index (κ3) is 6.31. The number of aliphatic imine (C=N–C) groups is 1. The number of piperidine rings is 1. The van der Waals surface area contributed by atoms with Crippen LogP contribution < -0.4 is 10.6 Å². The van der Waals surface area contributed by atoms with Gasteiger partial charge in [-0.1, -0.05) is 0 Å². The number of hydrogen-bond acceptors (Lipinski definition) is 4. The van der Waals surface area contributed by atoms with Crippen molar-refractivity contribution in [2.45, 2.75) is 32.3 Å². The first-order valence-corrected chi connectivity index (χ1v) is 8.07. The van der Waals surface area contributed by atoms with Crippen LogP contribution in [0.25, 0.3) is 0 Å². The number of aliphatic hydroxyl groups is 1. The number of nitrogens with zero attached hydrogens (tertiary/aromatic N) is 2. The van der Waals surface area contributed by atoms with E-state index in [9.17, 15) is 9.90 Å². The molecule has 0 aromatic carbocycles. The lowest BCUT2D eigenvalue weighted by Gasteiger charge is -2.27. The van der Waals surface area contributed by atoms with Gasteiger partial charge < -0.3 is 25.1 Å². The van der Waals surface area contributed by atoms with Gasteiger partial charge in [0.05, 0.1) is 13.1 Å². The fraction of sp³-hybridized carbons (Fsp3) is 0.625. The number of carbonyl (C=O) groups is 1. The molecule has 0 aliphatic carbocycles. The standard InChI is InChI=1S/C16H26N4O3.HI/c1-12-6-7-14(23-12)13(21)10-18-16(17-2)19-11-15(22)20-8-4-3-5-9-20;/h6-7,13,21H,3-5,8-11H2,1-2H3,(H2,17,18,19);1H. The molecule has 0 radical (unpaired) electrons. The Morgan fingerprint density at radius 3 is 2.62 bits per heavy atom. The molecular weight excluding hydrogens is 423 g/mol. The number of aryl methyl sites for hydroxylation is 1. The number of halogens is 1. The van der Waals surface area contributed by atoms with Crippen LogP contribution in [0.4, 0.5) is 0 Å². The van der Waals surface area contributed by atoms with Gasteiger partial charge in [0.2, 0.25) is 5.91 Å². The van der Waals surface area contributed by atoms with Crippen molar-refractivity contribution >= 4 is 35.8 Å². The molecule has 24 heavy (non-hydrogen) atoms. The zero-order valence-corrected chi connectivity index (χ0v) is 16.6. The van der Waals surface area contributed by atoms with Crippen LogP contribution in [0, 0.1) is 6.92 Å². The molecule has 1 amide bonds. The van der Waals surface area contributed by atoms with Crippen molar-refractivity contribution in [3.63, 3.8) is 0 Å². The first-order chi connectivity index (χ1) is 11.1. The van der Waals surface area contributed by atoms with Crippen molar-refractivity contribution in [3.8, 4) is 0 Å². The van der Waals surface area contributed by atoms with E-state index >= 15 is 0 Å². The molecule has 3 N–H and O–H groups in total. The van der Waals surface area contributed by atoms with Gasteiger partial charge in [0.15, 0.2) is 5.96 Å². The van der Waals surface area contributed by atoms with Crippen molar-refractivity contribution in [1.29, 1.82) is 0 Å². The fourth-order valence-corrected chi connectivity index (χ4v) is 2.56. The molecule has 2 heterocycles. The smallest absolute Gasteiger partial charge is 0.241 e. The quantitative estimate of drug-likeness (QED) is 0.359. The molecular formula is C16H27IN4O3. The van der Waals surface area contributed by atoms with E-state index in [2.05, 4.69) is 15.6 Å². The fourth-order valence-electron chi connectivity index (χ4n) is 2.56. The van der Waals surface area contributed by atoms with Crippen LogP contribution in [0.3, 0.4) is 0 Å². The van der Waals surface area contributed by atoms with Crippen molar-refractivity contribution < 1.29 is 14.3 Å². The Morgan fingerprint density at radius 2 is 2.04 bits per heavy atom. The first kappa shape index (κ1) is 20.8. The molecule has 1 aliphatic rings. The van der Waals surface area contributed by atoms with Gasteiger partial charge in [-0.15, -0.1) is 24.0 Å². The Labute approximate surface area is 159 Å². The normalized spacial score (nSPS) is 16.3. The Balaban J connectivity index is 0.00000288. The van der Waals surface area contributed by atoms with E-state index in [-0.39, 0.29) is 43.0 Å². The minimum atomic E-state index is -0.764. The van der Waals surface area contributed by atoms with Gasteiger partial charge in [0.25, 0.3) is 0 Å². The predicted molar refractivity (Wildman–Crippen MR) is 104 cm³/mol. The highest BCUT2D eigenvalue weighted by Gasteiger charge is 2.17. The van der Waals surface area contributed by atoms with Gasteiger partial charge in [-0.05, 0) is 38.3 Å². The molecule has 1 fully saturated rings. The summed E-state index contributed by atoms with van der Waals surface area (Å²) in [6.45, 7) is 3.96. The molecule has 1 aromatic heterocycles. The molecule has 0 spiro atoms. The van der Waals surface area contributed by atoms with Gasteiger partial charge in [-0.3, -0.25) is 9.79 Å². The minimum absolute atomic E-state index is 0. The summed E-state index contributed by atoms with van der Waals surface area (Å²) in [5, 5.41) is 16.0. The maximum absolute atomic E-state index is 12.1. The van der Waals surface area contributed by atoms with Crippen LogP contribution in [-0.4, -0.2) is 55.1 Å².